The van der Waals surface area contributed by atoms with E-state index >= 15 is 0 Å². The number of H-pyrrole nitrogens is 1. The van der Waals surface area contributed by atoms with Gasteiger partial charge in [0.1, 0.15) is 11.5 Å². The molecule has 0 amide bonds. The van der Waals surface area contributed by atoms with E-state index in [-0.39, 0.29) is 0 Å². The number of hydrogen-bond donors (Lipinski definition) is 2. The Balaban J connectivity index is 1.53. The van der Waals surface area contributed by atoms with Crippen LogP contribution in [-0.4, -0.2) is 26.3 Å². The fourth-order valence-electron chi connectivity index (χ4n) is 2.50. The molecule has 22 heavy (non-hydrogen) atoms. The minimum absolute atomic E-state index is 0.524. The van der Waals surface area contributed by atoms with E-state index in [4.69, 9.17) is 4.42 Å². The molecule has 6 nitrogen and oxygen atoms in total. The Morgan fingerprint density at radius 3 is 3.05 bits per heavy atom. The molecule has 0 aliphatic carbocycles. The molecular weight excluding hydrogens is 278 g/mol. The molecule has 0 saturated carbocycles. The number of nitrogens with zero attached hydrogens (tertiary/aromatic N) is 3. The third-order valence-corrected chi connectivity index (χ3v) is 3.59. The van der Waals surface area contributed by atoms with Crippen molar-refractivity contribution in [3.05, 3.63) is 48.4 Å². The third kappa shape index (κ3) is 3.46. The predicted molar refractivity (Wildman–Crippen MR) is 84.1 cm³/mol. The second-order valence-corrected chi connectivity index (χ2v) is 5.68. The molecule has 0 aromatic carbocycles. The molecule has 3 aromatic heterocycles. The molecule has 1 unspecified atom stereocenters. The maximum Gasteiger partial charge on any atom is 0.152 e. The van der Waals surface area contributed by atoms with Crippen LogP contribution in [0.1, 0.15) is 18.2 Å². The van der Waals surface area contributed by atoms with Crippen LogP contribution in [-0.2, 0) is 13.1 Å². The van der Waals surface area contributed by atoms with Crippen LogP contribution in [0.5, 0.6) is 0 Å². The smallest absolute Gasteiger partial charge is 0.152 e. The Morgan fingerprint density at radius 2 is 2.32 bits per heavy atom. The zero-order chi connectivity index (χ0) is 15.4. The summed E-state index contributed by atoms with van der Waals surface area (Å²) in [4.78, 5) is 4.06. The van der Waals surface area contributed by atoms with Gasteiger partial charge in [-0.1, -0.05) is 6.92 Å². The number of imidazole rings is 1. The van der Waals surface area contributed by atoms with Crippen LogP contribution in [0.15, 0.2) is 41.5 Å². The van der Waals surface area contributed by atoms with Gasteiger partial charge >= 0.3 is 0 Å². The molecule has 3 rings (SSSR count). The van der Waals surface area contributed by atoms with Crippen molar-refractivity contribution in [1.29, 1.82) is 0 Å². The molecule has 0 aliphatic heterocycles. The van der Waals surface area contributed by atoms with Gasteiger partial charge in [0.05, 0.1) is 12.5 Å². The highest BCUT2D eigenvalue weighted by molar-refractivity contribution is 5.56. The van der Waals surface area contributed by atoms with Gasteiger partial charge in [-0.15, -0.1) is 0 Å². The monoisotopic (exact) mass is 299 g/mol. The van der Waals surface area contributed by atoms with E-state index in [9.17, 15) is 0 Å². The van der Waals surface area contributed by atoms with Crippen molar-refractivity contribution >= 4 is 0 Å². The van der Waals surface area contributed by atoms with Crippen LogP contribution in [0.2, 0.25) is 0 Å². The summed E-state index contributed by atoms with van der Waals surface area (Å²) in [6.07, 6.45) is 7.50. The zero-order valence-corrected chi connectivity index (χ0v) is 12.9. The molecule has 3 heterocycles. The van der Waals surface area contributed by atoms with E-state index in [2.05, 4.69) is 32.0 Å². The SMILES string of the molecule is Cc1ccc(-c2[nH]ncc2CNCC(C)Cn2ccnc2)o1. The first-order valence-electron chi connectivity index (χ1n) is 7.48. The summed E-state index contributed by atoms with van der Waals surface area (Å²) in [5.74, 6) is 2.26. The predicted octanol–water partition coefficient (Wildman–Crippen LogP) is 2.60. The summed E-state index contributed by atoms with van der Waals surface area (Å²) in [5, 5.41) is 10.6. The van der Waals surface area contributed by atoms with Gasteiger partial charge < -0.3 is 14.3 Å². The Labute approximate surface area is 129 Å². The number of aryl methyl sites for hydroxylation is 1. The molecular formula is C16H21N5O. The summed E-state index contributed by atoms with van der Waals surface area (Å²) in [6, 6.07) is 3.93. The minimum Gasteiger partial charge on any atom is -0.460 e. The molecule has 0 spiro atoms. The van der Waals surface area contributed by atoms with E-state index < -0.39 is 0 Å². The molecule has 0 radical (unpaired) electrons. The Hall–Kier alpha value is -2.34. The summed E-state index contributed by atoms with van der Waals surface area (Å²) in [6.45, 7) is 6.82. The second kappa shape index (κ2) is 6.62. The quantitative estimate of drug-likeness (QED) is 0.703. The van der Waals surface area contributed by atoms with Crippen LogP contribution in [0.3, 0.4) is 0 Å². The number of nitrogens with one attached hydrogen (secondary N) is 2. The zero-order valence-electron chi connectivity index (χ0n) is 12.9. The molecule has 116 valence electrons. The lowest BCUT2D eigenvalue weighted by Gasteiger charge is -2.13. The van der Waals surface area contributed by atoms with Crippen molar-refractivity contribution in [1.82, 2.24) is 25.1 Å². The highest BCUT2D eigenvalue weighted by atomic mass is 16.3. The number of hydrogen-bond acceptors (Lipinski definition) is 4. The van der Waals surface area contributed by atoms with Crippen LogP contribution in [0.4, 0.5) is 0 Å². The van der Waals surface area contributed by atoms with Crippen molar-refractivity contribution in [2.75, 3.05) is 6.54 Å². The average Bonchev–Trinajstić information content (AvgIpc) is 3.20. The van der Waals surface area contributed by atoms with Crippen molar-refractivity contribution in [2.24, 2.45) is 5.92 Å². The lowest BCUT2D eigenvalue weighted by molar-refractivity contribution is 0.445. The molecule has 0 bridgehead atoms. The summed E-state index contributed by atoms with van der Waals surface area (Å²) in [5.41, 5.74) is 2.06. The first-order chi connectivity index (χ1) is 10.7. The minimum atomic E-state index is 0.524. The highest BCUT2D eigenvalue weighted by Gasteiger charge is 2.11. The number of rotatable bonds is 7. The molecule has 1 atom stereocenters. The third-order valence-electron chi connectivity index (χ3n) is 3.59. The maximum absolute atomic E-state index is 5.66. The van der Waals surface area contributed by atoms with Crippen molar-refractivity contribution in [2.45, 2.75) is 26.9 Å². The second-order valence-electron chi connectivity index (χ2n) is 5.68. The van der Waals surface area contributed by atoms with Gasteiger partial charge in [0, 0.05) is 31.0 Å². The fraction of sp³-hybridized carbons (Fsp3) is 0.375. The fourth-order valence-corrected chi connectivity index (χ4v) is 2.50. The van der Waals surface area contributed by atoms with E-state index in [0.717, 1.165) is 42.4 Å². The molecule has 0 saturated heterocycles. The average molecular weight is 299 g/mol. The first-order valence-corrected chi connectivity index (χ1v) is 7.48. The van der Waals surface area contributed by atoms with E-state index in [1.807, 2.05) is 44.0 Å². The topological polar surface area (TPSA) is 71.7 Å². The lowest BCUT2D eigenvalue weighted by Crippen LogP contribution is -2.23. The summed E-state index contributed by atoms with van der Waals surface area (Å²) < 4.78 is 7.76. The normalized spacial score (nSPS) is 12.6. The van der Waals surface area contributed by atoms with E-state index in [1.54, 1.807) is 0 Å². The Bertz CT molecular complexity index is 698. The number of furan rings is 1. The van der Waals surface area contributed by atoms with Crippen molar-refractivity contribution < 1.29 is 4.42 Å². The molecule has 2 N–H and O–H groups in total. The highest BCUT2D eigenvalue weighted by Crippen LogP contribution is 2.23. The van der Waals surface area contributed by atoms with Gasteiger partial charge in [-0.25, -0.2) is 4.98 Å². The molecule has 3 aromatic rings. The van der Waals surface area contributed by atoms with Crippen molar-refractivity contribution in [3.63, 3.8) is 0 Å². The summed E-state index contributed by atoms with van der Waals surface area (Å²) >= 11 is 0. The van der Waals surface area contributed by atoms with E-state index in [0.29, 0.717) is 5.92 Å². The van der Waals surface area contributed by atoms with Gasteiger partial charge in [0.15, 0.2) is 5.76 Å². The van der Waals surface area contributed by atoms with Gasteiger partial charge in [0.2, 0.25) is 0 Å². The largest absolute Gasteiger partial charge is 0.460 e. The van der Waals surface area contributed by atoms with Crippen LogP contribution in [0, 0.1) is 12.8 Å². The van der Waals surface area contributed by atoms with Gasteiger partial charge in [0.25, 0.3) is 0 Å². The number of aromatic nitrogens is 4. The standard InChI is InChI=1S/C16H21N5O/c1-12(10-21-6-5-17-11-21)7-18-8-14-9-19-20-16(14)15-4-3-13(2)22-15/h3-6,9,11-12,18H,7-8,10H2,1-2H3,(H,19,20). The molecule has 0 fully saturated rings. The maximum atomic E-state index is 5.66. The van der Waals surface area contributed by atoms with E-state index in [1.165, 1.54) is 0 Å². The molecule has 6 heteroatoms. The van der Waals surface area contributed by atoms with Crippen LogP contribution >= 0.6 is 0 Å². The Kier molecular flexibility index (Phi) is 4.39. The van der Waals surface area contributed by atoms with Gasteiger partial charge in [-0.05, 0) is 31.5 Å². The molecule has 0 aliphatic rings. The number of aromatic amines is 1. The van der Waals surface area contributed by atoms with Gasteiger partial charge in [-0.2, -0.15) is 5.10 Å². The Morgan fingerprint density at radius 1 is 1.41 bits per heavy atom. The first kappa shape index (κ1) is 14.6. The van der Waals surface area contributed by atoms with Crippen LogP contribution < -0.4 is 5.32 Å². The van der Waals surface area contributed by atoms with Crippen molar-refractivity contribution in [3.8, 4) is 11.5 Å². The van der Waals surface area contributed by atoms with Gasteiger partial charge in [-0.3, -0.25) is 5.10 Å². The van der Waals surface area contributed by atoms with Crippen LogP contribution in [0.25, 0.3) is 11.5 Å². The summed E-state index contributed by atoms with van der Waals surface area (Å²) in [7, 11) is 0. The lowest BCUT2D eigenvalue weighted by atomic mass is 10.1.